The van der Waals surface area contributed by atoms with E-state index in [1.165, 1.54) is 231 Å². The number of rotatable bonds is 41. The van der Waals surface area contributed by atoms with Gasteiger partial charge in [-0.3, -0.25) is 0 Å². The second-order valence-corrected chi connectivity index (χ2v) is 15.8. The maximum atomic E-state index is 6.46. The Hall–Kier alpha value is -0.760. The van der Waals surface area contributed by atoms with Crippen LogP contribution >= 0.6 is 0 Å². The van der Waals surface area contributed by atoms with E-state index >= 15 is 0 Å². The average Bonchev–Trinajstić information content (AvgIpc) is 3.07. The molecule has 48 heavy (non-hydrogen) atoms. The van der Waals surface area contributed by atoms with Gasteiger partial charge in [0.05, 0.1) is 11.9 Å². The fraction of sp³-hybridized carbons (Fsp3) is 0.913. The van der Waals surface area contributed by atoms with Gasteiger partial charge in [-0.05, 0) is 83.2 Å². The minimum atomic E-state index is 0.402. The zero-order valence-electron chi connectivity index (χ0n) is 33.9. The van der Waals surface area contributed by atoms with Crippen LogP contribution in [0.2, 0.25) is 0 Å². The normalized spacial score (nSPS) is 12.2. The predicted molar refractivity (Wildman–Crippen MR) is 219 cm³/mol. The molecule has 2 nitrogen and oxygen atoms in total. The maximum Gasteiger partial charge on any atom is 0.0982 e. The highest BCUT2D eigenvalue weighted by Gasteiger charge is 2.11. The first kappa shape index (κ1) is 47.2. The Bertz CT molecular complexity index is 640. The summed E-state index contributed by atoms with van der Waals surface area (Å²) in [5, 5.41) is 3.69. The lowest BCUT2D eigenvalue weighted by Crippen LogP contribution is -2.16. The van der Waals surface area contributed by atoms with Gasteiger partial charge in [0, 0.05) is 6.42 Å². The van der Waals surface area contributed by atoms with Crippen molar-refractivity contribution in [3.05, 3.63) is 24.5 Å². The Morgan fingerprint density at radius 3 is 1.31 bits per heavy atom. The lowest BCUT2D eigenvalue weighted by molar-refractivity contribution is 0.0895. The van der Waals surface area contributed by atoms with Crippen LogP contribution in [0.25, 0.3) is 0 Å². The van der Waals surface area contributed by atoms with Crippen LogP contribution in [0.1, 0.15) is 246 Å². The summed E-state index contributed by atoms with van der Waals surface area (Å²) in [5.74, 6) is 1.88. The molecule has 2 heteroatoms. The quantitative estimate of drug-likeness (QED) is 0.0396. The molecule has 0 aromatic carbocycles. The molecule has 0 amide bonds. The van der Waals surface area contributed by atoms with Crippen molar-refractivity contribution >= 4 is 0 Å². The van der Waals surface area contributed by atoms with E-state index in [1.54, 1.807) is 0 Å². The summed E-state index contributed by atoms with van der Waals surface area (Å²) >= 11 is 0. The molecule has 0 saturated heterocycles. The number of allylic oxidation sites excluding steroid dienone is 2. The number of nitrogens with one attached hydrogen (secondary N) is 1. The molecule has 0 saturated carbocycles. The molecular weight excluding hydrogens is 583 g/mol. The van der Waals surface area contributed by atoms with Crippen molar-refractivity contribution in [1.82, 2.24) is 5.32 Å². The summed E-state index contributed by atoms with van der Waals surface area (Å²) in [5.41, 5.74) is 1.50. The zero-order chi connectivity index (χ0) is 35.2. The van der Waals surface area contributed by atoms with Gasteiger partial charge in [0.1, 0.15) is 0 Å². The van der Waals surface area contributed by atoms with Crippen LogP contribution in [-0.2, 0) is 4.74 Å². The summed E-state index contributed by atoms with van der Waals surface area (Å²) < 4.78 is 6.46. The summed E-state index contributed by atoms with van der Waals surface area (Å²) in [7, 11) is 0. The third kappa shape index (κ3) is 36.5. The number of hydrogen-bond acceptors (Lipinski definition) is 2. The fourth-order valence-electron chi connectivity index (χ4n) is 7.21. The summed E-state index contributed by atoms with van der Waals surface area (Å²) in [6, 6.07) is 0. The van der Waals surface area contributed by atoms with Crippen molar-refractivity contribution in [2.75, 3.05) is 13.1 Å². The third-order valence-electron chi connectivity index (χ3n) is 10.5. The van der Waals surface area contributed by atoms with Gasteiger partial charge < -0.3 is 10.1 Å². The number of ether oxygens (including phenoxy) is 1. The van der Waals surface area contributed by atoms with Crippen molar-refractivity contribution in [3.8, 4) is 0 Å². The van der Waals surface area contributed by atoms with Crippen molar-refractivity contribution in [2.45, 2.75) is 252 Å². The minimum Gasteiger partial charge on any atom is -0.495 e. The molecule has 1 N–H and O–H groups in total. The van der Waals surface area contributed by atoms with E-state index in [1.807, 2.05) is 0 Å². The van der Waals surface area contributed by atoms with Crippen LogP contribution in [-0.4, -0.2) is 19.2 Å². The second kappa shape index (κ2) is 39.0. The standard InChI is InChI=1S/C46H91NO/c1-7-10-13-16-21-28-35-43(4)42-44(5)36-29-22-19-26-33-40-47-41-34-27-20-23-30-37-45(6)48-46(38-31-24-17-14-11-8-2)39-32-25-18-15-12-9-3/h43,46-47H,5-42H2,1-4H3. The van der Waals surface area contributed by atoms with E-state index in [9.17, 15) is 0 Å². The van der Waals surface area contributed by atoms with Crippen molar-refractivity contribution < 1.29 is 4.74 Å². The van der Waals surface area contributed by atoms with Gasteiger partial charge >= 0.3 is 0 Å². The molecule has 0 aromatic heterocycles. The molecular formula is C46H91NO. The maximum absolute atomic E-state index is 6.46. The van der Waals surface area contributed by atoms with Crippen LogP contribution < -0.4 is 5.32 Å². The van der Waals surface area contributed by atoms with E-state index in [2.05, 4.69) is 46.2 Å². The Kier molecular flexibility index (Phi) is 38.4. The predicted octanol–water partition coefficient (Wildman–Crippen LogP) is 16.0. The first-order valence-corrected chi connectivity index (χ1v) is 22.2. The Labute approximate surface area is 304 Å². The molecule has 0 aliphatic heterocycles. The van der Waals surface area contributed by atoms with Crippen molar-refractivity contribution in [1.29, 1.82) is 0 Å². The second-order valence-electron chi connectivity index (χ2n) is 15.8. The molecule has 1 unspecified atom stereocenters. The Morgan fingerprint density at radius 2 is 0.833 bits per heavy atom. The van der Waals surface area contributed by atoms with Crippen LogP contribution in [0.15, 0.2) is 24.5 Å². The molecule has 0 heterocycles. The molecule has 0 rings (SSSR count). The molecule has 0 bridgehead atoms. The van der Waals surface area contributed by atoms with Crippen molar-refractivity contribution in [3.63, 3.8) is 0 Å². The number of hydrogen-bond donors (Lipinski definition) is 1. The molecule has 0 aliphatic rings. The van der Waals surface area contributed by atoms with Crippen LogP contribution in [0, 0.1) is 5.92 Å². The van der Waals surface area contributed by atoms with E-state index in [4.69, 9.17) is 4.74 Å². The lowest BCUT2D eigenvalue weighted by atomic mass is 9.93. The number of unbranched alkanes of at least 4 members (excludes halogenated alkanes) is 23. The fourth-order valence-corrected chi connectivity index (χ4v) is 7.21. The smallest absolute Gasteiger partial charge is 0.0982 e. The monoisotopic (exact) mass is 674 g/mol. The lowest BCUT2D eigenvalue weighted by Gasteiger charge is -2.21. The molecule has 286 valence electrons. The summed E-state index contributed by atoms with van der Waals surface area (Å²) in [4.78, 5) is 0. The van der Waals surface area contributed by atoms with E-state index < -0.39 is 0 Å². The van der Waals surface area contributed by atoms with Crippen LogP contribution in [0.4, 0.5) is 0 Å². The molecule has 1 atom stereocenters. The first-order chi connectivity index (χ1) is 23.5. The first-order valence-electron chi connectivity index (χ1n) is 22.2. The molecule has 0 radical (unpaired) electrons. The minimum absolute atomic E-state index is 0.402. The summed E-state index contributed by atoms with van der Waals surface area (Å²) in [6.45, 7) is 20.4. The largest absolute Gasteiger partial charge is 0.495 e. The highest BCUT2D eigenvalue weighted by Crippen LogP contribution is 2.23. The molecule has 0 aliphatic carbocycles. The van der Waals surface area contributed by atoms with Gasteiger partial charge in [-0.15, -0.1) is 0 Å². The van der Waals surface area contributed by atoms with E-state index in [0.29, 0.717) is 6.10 Å². The summed E-state index contributed by atoms with van der Waals surface area (Å²) in [6.07, 6.45) is 46.0. The van der Waals surface area contributed by atoms with E-state index in [-0.39, 0.29) is 0 Å². The highest BCUT2D eigenvalue weighted by atomic mass is 16.5. The molecule has 0 aromatic rings. The highest BCUT2D eigenvalue weighted by molar-refractivity contribution is 4.95. The third-order valence-corrected chi connectivity index (χ3v) is 10.5. The Morgan fingerprint density at radius 1 is 0.458 bits per heavy atom. The van der Waals surface area contributed by atoms with Gasteiger partial charge in [-0.2, -0.15) is 0 Å². The molecule has 0 spiro atoms. The van der Waals surface area contributed by atoms with Crippen molar-refractivity contribution in [2.24, 2.45) is 5.92 Å². The van der Waals surface area contributed by atoms with Gasteiger partial charge in [-0.25, -0.2) is 0 Å². The zero-order valence-corrected chi connectivity index (χ0v) is 33.9. The van der Waals surface area contributed by atoms with Crippen LogP contribution in [0.3, 0.4) is 0 Å². The average molecular weight is 674 g/mol. The molecule has 0 fully saturated rings. The van der Waals surface area contributed by atoms with E-state index in [0.717, 1.165) is 18.1 Å². The van der Waals surface area contributed by atoms with Gasteiger partial charge in [0.15, 0.2) is 0 Å². The van der Waals surface area contributed by atoms with Gasteiger partial charge in [0.2, 0.25) is 0 Å². The van der Waals surface area contributed by atoms with Gasteiger partial charge in [-0.1, -0.05) is 194 Å². The SMILES string of the molecule is C=C(CCCCCCCNCCCCCCCC(=C)OC(CCCCCCCC)CCCCCCCC)CC(C)CCCCCCCC. The Balaban J connectivity index is 3.69. The van der Waals surface area contributed by atoms with Gasteiger partial charge in [0.25, 0.3) is 0 Å². The topological polar surface area (TPSA) is 21.3 Å². The van der Waals surface area contributed by atoms with Crippen LogP contribution in [0.5, 0.6) is 0 Å².